The maximum Gasteiger partial charge on any atom is 0.445 e. The molecule has 76 valence electrons. The minimum Gasteiger partial charge on any atom is -0.160 e. The molecule has 0 unspecified atom stereocenters. The molecule has 0 radical (unpaired) electrons. The molecule has 0 heterocycles. The monoisotopic (exact) mass is 238 g/mol. The number of hydrogen-bond donors (Lipinski definition) is 0. The van der Waals surface area contributed by atoms with Gasteiger partial charge >= 0.3 is 5.51 Å². The van der Waals surface area contributed by atoms with Crippen molar-refractivity contribution in [3.8, 4) is 0 Å². The zero-order chi connectivity index (χ0) is 10.6. The van der Waals surface area contributed by atoms with Crippen molar-refractivity contribution in [1.82, 2.24) is 0 Å². The van der Waals surface area contributed by atoms with Gasteiger partial charge in [0.1, 0.15) is 0 Å². The van der Waals surface area contributed by atoms with E-state index < -0.39 is 5.51 Å². The van der Waals surface area contributed by atoms with Crippen LogP contribution in [0.15, 0.2) is 29.7 Å². The third-order valence-electron chi connectivity index (χ3n) is 1.31. The fourth-order valence-corrected chi connectivity index (χ4v) is 1.38. The Bertz CT molecular complexity index is 333. The Morgan fingerprint density at radius 2 is 2.00 bits per heavy atom. The van der Waals surface area contributed by atoms with E-state index >= 15 is 0 Å². The van der Waals surface area contributed by atoms with E-state index in [0.29, 0.717) is 10.6 Å². The molecule has 0 saturated carbocycles. The molecule has 0 aliphatic carbocycles. The molecule has 1 aromatic carbocycles. The number of hydrogen-bond acceptors (Lipinski definition) is 1. The fourth-order valence-electron chi connectivity index (χ4n) is 0.800. The van der Waals surface area contributed by atoms with Crippen molar-refractivity contribution in [3.63, 3.8) is 0 Å². The first-order valence-corrected chi connectivity index (χ1v) is 4.90. The minimum absolute atomic E-state index is 0.189. The summed E-state index contributed by atoms with van der Waals surface area (Å²) in [5.41, 5.74) is -3.58. The second kappa shape index (κ2) is 4.75. The molecule has 0 aliphatic rings. The van der Waals surface area contributed by atoms with Gasteiger partial charge in [-0.3, -0.25) is 0 Å². The highest BCUT2D eigenvalue weighted by atomic mass is 35.5. The normalized spacial score (nSPS) is 12.3. The van der Waals surface area contributed by atoms with Gasteiger partial charge in [-0.15, -0.1) is 0 Å². The van der Waals surface area contributed by atoms with Crippen molar-refractivity contribution in [2.45, 2.75) is 5.51 Å². The fraction of sp³-hybridized carbons (Fsp3) is 0.111. The second-order valence-corrected chi connectivity index (χ2v) is 3.83. The van der Waals surface area contributed by atoms with Crippen LogP contribution in [0.5, 0.6) is 0 Å². The summed E-state index contributed by atoms with van der Waals surface area (Å²) in [6.45, 7) is 0. The van der Waals surface area contributed by atoms with Gasteiger partial charge in [0.05, 0.1) is 0 Å². The average Bonchev–Trinajstić information content (AvgIpc) is 2.01. The molecular formula is C9H6ClF3S. The average molecular weight is 239 g/mol. The Kier molecular flexibility index (Phi) is 3.89. The van der Waals surface area contributed by atoms with Crippen molar-refractivity contribution in [1.29, 1.82) is 0 Å². The molecule has 0 bridgehead atoms. The highest BCUT2D eigenvalue weighted by Crippen LogP contribution is 2.31. The van der Waals surface area contributed by atoms with Gasteiger partial charge in [-0.2, -0.15) is 13.2 Å². The van der Waals surface area contributed by atoms with Crippen molar-refractivity contribution in [3.05, 3.63) is 40.3 Å². The van der Waals surface area contributed by atoms with E-state index in [2.05, 4.69) is 0 Å². The van der Waals surface area contributed by atoms with Gasteiger partial charge in [0.15, 0.2) is 0 Å². The topological polar surface area (TPSA) is 0 Å². The highest BCUT2D eigenvalue weighted by Gasteiger charge is 2.26. The summed E-state index contributed by atoms with van der Waals surface area (Å²) in [5, 5.41) is 1.50. The Balaban J connectivity index is 2.61. The molecule has 0 amide bonds. The van der Waals surface area contributed by atoms with Crippen LogP contribution in [0.3, 0.4) is 0 Å². The van der Waals surface area contributed by atoms with E-state index in [1.807, 2.05) is 0 Å². The maximum atomic E-state index is 11.7. The summed E-state index contributed by atoms with van der Waals surface area (Å²) in [4.78, 5) is 0. The smallest absolute Gasteiger partial charge is 0.160 e. The van der Waals surface area contributed by atoms with Gasteiger partial charge in [-0.25, -0.2) is 0 Å². The third-order valence-corrected chi connectivity index (χ3v) is 2.09. The molecule has 0 aliphatic heterocycles. The number of rotatable bonds is 2. The van der Waals surface area contributed by atoms with Gasteiger partial charge in [0.25, 0.3) is 0 Å². The predicted molar refractivity (Wildman–Crippen MR) is 54.1 cm³/mol. The SMILES string of the molecule is FC(F)(F)S/C=C/c1cccc(Cl)c1. The van der Waals surface area contributed by atoms with Crippen molar-refractivity contribution in [2.75, 3.05) is 0 Å². The summed E-state index contributed by atoms with van der Waals surface area (Å²) in [5.74, 6) is 0. The largest absolute Gasteiger partial charge is 0.445 e. The first kappa shape index (κ1) is 11.5. The molecular weight excluding hydrogens is 233 g/mol. The Morgan fingerprint density at radius 1 is 1.29 bits per heavy atom. The van der Waals surface area contributed by atoms with Crippen LogP contribution in [0.4, 0.5) is 13.2 Å². The highest BCUT2D eigenvalue weighted by molar-refractivity contribution is 8.03. The van der Waals surface area contributed by atoms with Crippen LogP contribution in [0.1, 0.15) is 5.56 Å². The van der Waals surface area contributed by atoms with Crippen molar-refractivity contribution >= 4 is 29.4 Å². The van der Waals surface area contributed by atoms with E-state index in [1.165, 1.54) is 6.08 Å². The predicted octanol–water partition coefficient (Wildman–Crippen LogP) is 4.56. The van der Waals surface area contributed by atoms with Crippen LogP contribution >= 0.6 is 23.4 Å². The van der Waals surface area contributed by atoms with E-state index in [1.54, 1.807) is 24.3 Å². The summed E-state index contributed by atoms with van der Waals surface area (Å²) in [6.07, 6.45) is 1.37. The van der Waals surface area contributed by atoms with Crippen LogP contribution in [0.2, 0.25) is 5.02 Å². The molecule has 0 fully saturated rings. The van der Waals surface area contributed by atoms with Gasteiger partial charge in [-0.1, -0.05) is 23.7 Å². The third kappa shape index (κ3) is 4.58. The lowest BCUT2D eigenvalue weighted by atomic mass is 10.2. The summed E-state index contributed by atoms with van der Waals surface area (Å²) in [7, 11) is 0. The Labute approximate surface area is 88.8 Å². The Hall–Kier alpha value is -0.610. The summed E-state index contributed by atoms with van der Waals surface area (Å²) >= 11 is 5.46. The molecule has 0 saturated heterocycles. The zero-order valence-corrected chi connectivity index (χ0v) is 8.46. The summed E-state index contributed by atoms with van der Waals surface area (Å²) in [6, 6.07) is 6.62. The van der Waals surface area contributed by atoms with Gasteiger partial charge in [-0.05, 0) is 40.9 Å². The second-order valence-electron chi connectivity index (χ2n) is 2.42. The standard InChI is InChI=1S/C9H6ClF3S/c10-8-3-1-2-7(6-8)4-5-14-9(11,12)13/h1-6H/b5-4+. The van der Waals surface area contributed by atoms with Crippen molar-refractivity contribution < 1.29 is 13.2 Å². The molecule has 14 heavy (non-hydrogen) atoms. The van der Waals surface area contributed by atoms with E-state index in [-0.39, 0.29) is 11.8 Å². The molecule has 1 aromatic rings. The number of thioether (sulfide) groups is 1. The lowest BCUT2D eigenvalue weighted by Gasteiger charge is -1.99. The van der Waals surface area contributed by atoms with Crippen LogP contribution in [-0.4, -0.2) is 5.51 Å². The lowest BCUT2D eigenvalue weighted by Crippen LogP contribution is -1.96. The maximum absolute atomic E-state index is 11.7. The number of halogens is 4. The number of benzene rings is 1. The first-order chi connectivity index (χ1) is 6.47. The molecule has 5 heteroatoms. The van der Waals surface area contributed by atoms with E-state index in [0.717, 1.165) is 5.41 Å². The van der Waals surface area contributed by atoms with Gasteiger partial charge in [0.2, 0.25) is 0 Å². The van der Waals surface area contributed by atoms with Crippen LogP contribution in [0.25, 0.3) is 6.08 Å². The summed E-state index contributed by atoms with van der Waals surface area (Å²) < 4.78 is 35.2. The van der Waals surface area contributed by atoms with Crippen LogP contribution in [-0.2, 0) is 0 Å². The van der Waals surface area contributed by atoms with Crippen molar-refractivity contribution in [2.24, 2.45) is 0 Å². The molecule has 1 rings (SSSR count). The first-order valence-electron chi connectivity index (χ1n) is 3.64. The van der Waals surface area contributed by atoms with Crippen LogP contribution < -0.4 is 0 Å². The van der Waals surface area contributed by atoms with E-state index in [9.17, 15) is 13.2 Å². The zero-order valence-electron chi connectivity index (χ0n) is 6.88. The molecule has 0 nitrogen and oxygen atoms in total. The lowest BCUT2D eigenvalue weighted by molar-refractivity contribution is -0.0319. The minimum atomic E-state index is -4.23. The quantitative estimate of drug-likeness (QED) is 0.728. The van der Waals surface area contributed by atoms with E-state index in [4.69, 9.17) is 11.6 Å². The van der Waals surface area contributed by atoms with Gasteiger partial charge < -0.3 is 0 Å². The van der Waals surface area contributed by atoms with Crippen LogP contribution in [0, 0.1) is 0 Å². The molecule has 0 aromatic heterocycles. The van der Waals surface area contributed by atoms with Gasteiger partial charge in [0, 0.05) is 5.02 Å². The Morgan fingerprint density at radius 3 is 2.57 bits per heavy atom. The molecule has 0 spiro atoms. The molecule has 0 N–H and O–H groups in total. The number of alkyl halides is 3. The molecule has 0 atom stereocenters.